The first kappa shape index (κ1) is 23.4. The van der Waals surface area contributed by atoms with Crippen LogP contribution in [0.1, 0.15) is 86.8 Å². The van der Waals surface area contributed by atoms with Crippen LogP contribution in [0.4, 0.5) is 0 Å². The van der Waals surface area contributed by atoms with E-state index >= 15 is 0 Å². The van der Waals surface area contributed by atoms with Crippen LogP contribution in [0.2, 0.25) is 0 Å². The molecule has 1 amide bonds. The molecule has 0 aliphatic carbocycles. The number of aliphatic hydroxyl groups is 1. The quantitative estimate of drug-likeness (QED) is 0.595. The van der Waals surface area contributed by atoms with Gasteiger partial charge in [0.1, 0.15) is 0 Å². The van der Waals surface area contributed by atoms with Crippen LogP contribution in [-0.4, -0.2) is 43.8 Å². The molecule has 0 saturated carbocycles. The summed E-state index contributed by atoms with van der Waals surface area (Å²) in [4.78, 5) is 20.6. The maximum Gasteiger partial charge on any atom is 0.254 e. The summed E-state index contributed by atoms with van der Waals surface area (Å²) in [7, 11) is 0. The van der Waals surface area contributed by atoms with Crippen LogP contribution in [0.3, 0.4) is 0 Å². The molecule has 1 saturated heterocycles. The Hall–Kier alpha value is -2.73. The Morgan fingerprint density at radius 2 is 1.76 bits per heavy atom. The minimum Gasteiger partial charge on any atom is -0.388 e. The molecule has 1 aromatic carbocycles. The van der Waals surface area contributed by atoms with E-state index in [2.05, 4.69) is 34.6 Å². The Kier molecular flexibility index (Phi) is 6.32. The van der Waals surface area contributed by atoms with Crippen molar-refractivity contribution in [1.82, 2.24) is 19.7 Å². The number of nitrogens with zero attached hydrogens (tertiary/aromatic N) is 4. The molecule has 3 heterocycles. The van der Waals surface area contributed by atoms with E-state index in [-0.39, 0.29) is 23.3 Å². The third-order valence-corrected chi connectivity index (χ3v) is 6.70. The Morgan fingerprint density at radius 1 is 1.12 bits per heavy atom. The summed E-state index contributed by atoms with van der Waals surface area (Å²) in [6.45, 7) is 13.8. The Bertz CT molecular complexity index is 1140. The number of aryl methyl sites for hydroxylation is 1. The van der Waals surface area contributed by atoms with Crippen LogP contribution in [-0.2, 0) is 5.54 Å². The zero-order chi connectivity index (χ0) is 23.9. The fourth-order valence-electron chi connectivity index (χ4n) is 4.75. The number of rotatable bonds is 4. The number of carbonyl (C=O) groups excluding carboxylic acids is 1. The molecule has 1 fully saturated rings. The van der Waals surface area contributed by atoms with Crippen LogP contribution in [0.15, 0.2) is 36.4 Å². The van der Waals surface area contributed by atoms with Crippen molar-refractivity contribution in [3.05, 3.63) is 58.9 Å². The van der Waals surface area contributed by atoms with Crippen molar-refractivity contribution in [2.24, 2.45) is 5.92 Å². The van der Waals surface area contributed by atoms with Crippen molar-refractivity contribution >= 4 is 16.9 Å². The Morgan fingerprint density at radius 3 is 2.33 bits per heavy atom. The van der Waals surface area contributed by atoms with E-state index in [1.54, 1.807) is 0 Å². The second-order valence-electron chi connectivity index (χ2n) is 10.6. The lowest BCUT2D eigenvalue weighted by Crippen LogP contribution is -2.40. The first-order valence-corrected chi connectivity index (χ1v) is 12.0. The predicted molar refractivity (Wildman–Crippen MR) is 131 cm³/mol. The third kappa shape index (κ3) is 4.54. The van der Waals surface area contributed by atoms with Gasteiger partial charge in [0.25, 0.3) is 5.91 Å². The third-order valence-electron chi connectivity index (χ3n) is 6.70. The van der Waals surface area contributed by atoms with Gasteiger partial charge < -0.3 is 10.0 Å². The summed E-state index contributed by atoms with van der Waals surface area (Å²) in [6, 6.07) is 11.8. The number of hydrogen-bond donors (Lipinski definition) is 1. The van der Waals surface area contributed by atoms with Gasteiger partial charge in [-0.2, -0.15) is 5.10 Å². The average molecular weight is 449 g/mol. The highest BCUT2D eigenvalue weighted by atomic mass is 16.3. The SMILES string of the molecule is Cc1nn(C(C)(C)C)c2nc(C(C)C)cc(C(=O)N3CCC(C(O)c4ccccc4)CC3)c12. The lowest BCUT2D eigenvalue weighted by molar-refractivity contribution is 0.0463. The van der Waals surface area contributed by atoms with E-state index < -0.39 is 6.10 Å². The highest BCUT2D eigenvalue weighted by molar-refractivity contribution is 6.06. The van der Waals surface area contributed by atoms with Crippen molar-refractivity contribution in [3.63, 3.8) is 0 Å². The highest BCUT2D eigenvalue weighted by Crippen LogP contribution is 2.33. The minimum atomic E-state index is -0.490. The summed E-state index contributed by atoms with van der Waals surface area (Å²) < 4.78 is 1.95. The lowest BCUT2D eigenvalue weighted by atomic mass is 9.87. The molecule has 33 heavy (non-hydrogen) atoms. The Balaban J connectivity index is 1.63. The maximum absolute atomic E-state index is 13.7. The molecule has 1 unspecified atom stereocenters. The first-order chi connectivity index (χ1) is 15.6. The van der Waals surface area contributed by atoms with Crippen LogP contribution in [0.5, 0.6) is 0 Å². The summed E-state index contributed by atoms with van der Waals surface area (Å²) in [6.07, 6.45) is 1.08. The van der Waals surface area contributed by atoms with Gasteiger partial charge in [-0.3, -0.25) is 4.79 Å². The molecule has 0 radical (unpaired) electrons. The topological polar surface area (TPSA) is 71.2 Å². The normalized spacial score (nSPS) is 16.5. The number of benzene rings is 1. The van der Waals surface area contributed by atoms with Gasteiger partial charge >= 0.3 is 0 Å². The molecule has 3 aromatic rings. The average Bonchev–Trinajstić information content (AvgIpc) is 3.15. The molecule has 4 rings (SSSR count). The summed E-state index contributed by atoms with van der Waals surface area (Å²) in [5.74, 6) is 0.398. The molecule has 6 heteroatoms. The molecule has 1 aliphatic heterocycles. The van der Waals surface area contributed by atoms with Crippen LogP contribution in [0.25, 0.3) is 11.0 Å². The second-order valence-corrected chi connectivity index (χ2v) is 10.6. The van der Waals surface area contributed by atoms with E-state index in [1.165, 1.54) is 0 Å². The van der Waals surface area contributed by atoms with Crippen molar-refractivity contribution in [3.8, 4) is 0 Å². The van der Waals surface area contributed by atoms with Gasteiger partial charge in [-0.15, -0.1) is 0 Å². The number of piperidine rings is 1. The molecule has 0 spiro atoms. The molecular weight excluding hydrogens is 412 g/mol. The maximum atomic E-state index is 13.7. The van der Waals surface area contributed by atoms with Gasteiger partial charge in [0, 0.05) is 18.8 Å². The van der Waals surface area contributed by atoms with Gasteiger partial charge in [-0.1, -0.05) is 44.2 Å². The molecule has 1 atom stereocenters. The van der Waals surface area contributed by atoms with E-state index in [9.17, 15) is 9.90 Å². The second kappa shape index (κ2) is 8.90. The fraction of sp³-hybridized carbons (Fsp3) is 0.519. The van der Waals surface area contributed by atoms with Crippen LogP contribution >= 0.6 is 0 Å². The van der Waals surface area contributed by atoms with Crippen molar-refractivity contribution < 1.29 is 9.90 Å². The zero-order valence-electron chi connectivity index (χ0n) is 20.7. The standard InChI is InChI=1S/C27H36N4O2/c1-17(2)22-16-21(23-18(3)29-31(25(23)28-22)27(4,5)6)26(33)30-14-12-20(13-15-30)24(32)19-10-8-7-9-11-19/h7-11,16-17,20,24,32H,12-15H2,1-6H3. The van der Waals surface area contributed by atoms with Crippen LogP contribution < -0.4 is 0 Å². The van der Waals surface area contributed by atoms with E-state index in [4.69, 9.17) is 10.1 Å². The smallest absolute Gasteiger partial charge is 0.254 e. The molecule has 1 N–H and O–H groups in total. The fourth-order valence-corrected chi connectivity index (χ4v) is 4.75. The molecule has 0 bridgehead atoms. The molecule has 2 aromatic heterocycles. The van der Waals surface area contributed by atoms with Gasteiger partial charge in [0.2, 0.25) is 0 Å². The number of amides is 1. The molecule has 6 nitrogen and oxygen atoms in total. The zero-order valence-corrected chi connectivity index (χ0v) is 20.7. The number of likely N-dealkylation sites (tertiary alicyclic amines) is 1. The summed E-state index contributed by atoms with van der Waals surface area (Å²) in [5.41, 5.74) is 3.93. The monoisotopic (exact) mass is 448 g/mol. The van der Waals surface area contributed by atoms with Crippen molar-refractivity contribution in [1.29, 1.82) is 0 Å². The van der Waals surface area contributed by atoms with Gasteiger partial charge in [0.05, 0.1) is 28.3 Å². The molecular formula is C27H36N4O2. The van der Waals surface area contributed by atoms with Gasteiger partial charge in [0.15, 0.2) is 5.65 Å². The number of pyridine rings is 1. The van der Waals surface area contributed by atoms with Gasteiger partial charge in [-0.05, 0) is 64.0 Å². The van der Waals surface area contributed by atoms with Crippen LogP contribution in [0, 0.1) is 12.8 Å². The predicted octanol–water partition coefficient (Wildman–Crippen LogP) is 5.20. The Labute approximate surface area is 196 Å². The van der Waals surface area contributed by atoms with Crippen molar-refractivity contribution in [2.75, 3.05) is 13.1 Å². The lowest BCUT2D eigenvalue weighted by Gasteiger charge is -2.34. The number of aromatic nitrogens is 3. The molecule has 176 valence electrons. The highest BCUT2D eigenvalue weighted by Gasteiger charge is 2.31. The number of fused-ring (bicyclic) bond motifs is 1. The summed E-state index contributed by atoms with van der Waals surface area (Å²) in [5, 5.41) is 16.4. The van der Waals surface area contributed by atoms with E-state index in [0.717, 1.165) is 40.8 Å². The largest absolute Gasteiger partial charge is 0.388 e. The minimum absolute atomic E-state index is 0.0357. The van der Waals surface area contributed by atoms with E-state index in [0.29, 0.717) is 18.7 Å². The van der Waals surface area contributed by atoms with E-state index in [1.807, 2.05) is 52.9 Å². The van der Waals surface area contributed by atoms with Crippen molar-refractivity contribution in [2.45, 2.75) is 71.9 Å². The van der Waals surface area contributed by atoms with Gasteiger partial charge in [-0.25, -0.2) is 9.67 Å². The molecule has 1 aliphatic rings. The number of hydrogen-bond acceptors (Lipinski definition) is 4. The first-order valence-electron chi connectivity index (χ1n) is 12.0. The number of carbonyl (C=O) groups is 1. The number of aliphatic hydroxyl groups excluding tert-OH is 1. The summed E-state index contributed by atoms with van der Waals surface area (Å²) >= 11 is 0.